The summed E-state index contributed by atoms with van der Waals surface area (Å²) >= 11 is -0.275. The van der Waals surface area contributed by atoms with Crippen LogP contribution in [0.25, 0.3) is 10.9 Å². The number of pyridine rings is 1. The maximum atomic E-state index is 12.4. The Morgan fingerprint density at radius 3 is 2.68 bits per heavy atom. The number of aromatic amines is 1. The van der Waals surface area contributed by atoms with Crippen LogP contribution in [0.2, 0.25) is 0 Å². The molecule has 0 atom stereocenters. The minimum Gasteiger partial charge on any atom is -0.443 e. The quantitative estimate of drug-likeness (QED) is 0.583. The zero-order valence-corrected chi connectivity index (χ0v) is 15.4. The number of amides is 1. The molecule has 0 fully saturated rings. The summed E-state index contributed by atoms with van der Waals surface area (Å²) in [5.74, 6) is 0. The second-order valence-corrected chi connectivity index (χ2v) is 7.02. The molecule has 28 heavy (non-hydrogen) atoms. The van der Waals surface area contributed by atoms with Gasteiger partial charge < -0.3 is 9.72 Å². The zero-order valence-electron chi connectivity index (χ0n) is 14.6. The third kappa shape index (κ3) is 4.86. The van der Waals surface area contributed by atoms with E-state index < -0.39 is 11.6 Å². The van der Waals surface area contributed by atoms with Crippen LogP contribution in [-0.2, 0) is 11.3 Å². The minimum absolute atomic E-state index is 0.0556. The predicted molar refractivity (Wildman–Crippen MR) is 101 cm³/mol. The third-order valence-electron chi connectivity index (χ3n) is 3.91. The van der Waals surface area contributed by atoms with Gasteiger partial charge >= 0.3 is 11.6 Å². The molecule has 3 rings (SSSR count). The standard InChI is InChI=1S/C19H15F3N2O3S/c1-11-16(24-15-8-3-2-7-14(15)17(11)25)10-27-18(26)23-12-5-4-6-13(9-12)28-19(20,21)22/h2-9H,10H2,1H3,(H,23,26)(H,24,25). The Labute approximate surface area is 161 Å². The van der Waals surface area contributed by atoms with Gasteiger partial charge in [0, 0.05) is 27.0 Å². The molecular weight excluding hydrogens is 393 g/mol. The van der Waals surface area contributed by atoms with E-state index in [1.807, 2.05) is 0 Å². The number of halogens is 3. The highest BCUT2D eigenvalue weighted by molar-refractivity contribution is 8.00. The van der Waals surface area contributed by atoms with Gasteiger partial charge in [-0.3, -0.25) is 10.1 Å². The van der Waals surface area contributed by atoms with Crippen LogP contribution in [0.4, 0.5) is 23.7 Å². The van der Waals surface area contributed by atoms with E-state index >= 15 is 0 Å². The fraction of sp³-hybridized carbons (Fsp3) is 0.158. The summed E-state index contributed by atoms with van der Waals surface area (Å²) < 4.78 is 42.5. The van der Waals surface area contributed by atoms with Crippen molar-refractivity contribution < 1.29 is 22.7 Å². The first-order valence-electron chi connectivity index (χ1n) is 8.13. The molecule has 9 heteroatoms. The molecule has 0 bridgehead atoms. The molecule has 1 heterocycles. The molecule has 0 saturated carbocycles. The number of anilines is 1. The van der Waals surface area contributed by atoms with Crippen molar-refractivity contribution in [3.8, 4) is 0 Å². The van der Waals surface area contributed by atoms with Gasteiger partial charge in [0.25, 0.3) is 0 Å². The predicted octanol–water partition coefficient (Wildman–Crippen LogP) is 5.20. The topological polar surface area (TPSA) is 71.2 Å². The van der Waals surface area contributed by atoms with E-state index in [0.717, 1.165) is 0 Å². The number of rotatable bonds is 4. The number of ether oxygens (including phenoxy) is 1. The Kier molecular flexibility index (Phi) is 5.64. The van der Waals surface area contributed by atoms with E-state index in [0.29, 0.717) is 22.2 Å². The monoisotopic (exact) mass is 408 g/mol. The van der Waals surface area contributed by atoms with Crippen LogP contribution in [0.3, 0.4) is 0 Å². The van der Waals surface area contributed by atoms with Gasteiger partial charge in [-0.1, -0.05) is 18.2 Å². The first-order valence-corrected chi connectivity index (χ1v) is 8.95. The molecule has 1 aromatic heterocycles. The summed E-state index contributed by atoms with van der Waals surface area (Å²) in [7, 11) is 0. The Hall–Kier alpha value is -2.94. The van der Waals surface area contributed by atoms with Crippen LogP contribution in [0.5, 0.6) is 0 Å². The normalized spacial score (nSPS) is 11.4. The fourth-order valence-corrected chi connectivity index (χ4v) is 3.19. The van der Waals surface area contributed by atoms with E-state index in [-0.39, 0.29) is 34.4 Å². The summed E-state index contributed by atoms with van der Waals surface area (Å²) in [5.41, 5.74) is -2.92. The second-order valence-electron chi connectivity index (χ2n) is 5.88. The van der Waals surface area contributed by atoms with Crippen molar-refractivity contribution in [3.05, 3.63) is 70.0 Å². The number of carbonyl (C=O) groups excluding carboxylic acids is 1. The molecule has 2 N–H and O–H groups in total. The number of hydrogen-bond acceptors (Lipinski definition) is 4. The molecule has 0 aliphatic rings. The number of para-hydroxylation sites is 1. The van der Waals surface area contributed by atoms with E-state index in [9.17, 15) is 22.8 Å². The summed E-state index contributed by atoms with van der Waals surface area (Å²) in [5, 5.41) is 2.91. The average Bonchev–Trinajstić information content (AvgIpc) is 2.62. The molecule has 0 radical (unpaired) electrons. The summed E-state index contributed by atoms with van der Waals surface area (Å²) in [6.07, 6.45) is -0.845. The largest absolute Gasteiger partial charge is 0.446 e. The Morgan fingerprint density at radius 2 is 1.93 bits per heavy atom. The van der Waals surface area contributed by atoms with Gasteiger partial charge in [0.1, 0.15) is 6.61 Å². The fourth-order valence-electron chi connectivity index (χ4n) is 2.59. The van der Waals surface area contributed by atoms with Crippen LogP contribution in [-0.4, -0.2) is 16.6 Å². The van der Waals surface area contributed by atoms with Gasteiger partial charge in [-0.2, -0.15) is 13.2 Å². The Morgan fingerprint density at radius 1 is 1.18 bits per heavy atom. The molecule has 0 unspecified atom stereocenters. The van der Waals surface area contributed by atoms with Gasteiger partial charge in [-0.25, -0.2) is 4.79 Å². The van der Waals surface area contributed by atoms with Crippen LogP contribution in [0.1, 0.15) is 11.3 Å². The van der Waals surface area contributed by atoms with Crippen molar-refractivity contribution in [1.29, 1.82) is 0 Å². The number of H-pyrrole nitrogens is 1. The minimum atomic E-state index is -4.42. The van der Waals surface area contributed by atoms with Gasteiger partial charge in [-0.15, -0.1) is 0 Å². The van der Waals surface area contributed by atoms with Crippen molar-refractivity contribution in [1.82, 2.24) is 4.98 Å². The molecule has 1 amide bonds. The smallest absolute Gasteiger partial charge is 0.443 e. The lowest BCUT2D eigenvalue weighted by Crippen LogP contribution is -2.17. The van der Waals surface area contributed by atoms with Gasteiger partial charge in [0.05, 0.1) is 5.69 Å². The maximum absolute atomic E-state index is 12.4. The van der Waals surface area contributed by atoms with E-state index in [1.165, 1.54) is 24.3 Å². The summed E-state index contributed by atoms with van der Waals surface area (Å²) in [6, 6.07) is 12.3. The van der Waals surface area contributed by atoms with Crippen molar-refractivity contribution >= 4 is 34.4 Å². The van der Waals surface area contributed by atoms with E-state index in [2.05, 4.69) is 10.3 Å². The molecule has 5 nitrogen and oxygen atoms in total. The molecular formula is C19H15F3N2O3S. The summed E-state index contributed by atoms with van der Waals surface area (Å²) in [6.45, 7) is 1.44. The lowest BCUT2D eigenvalue weighted by Gasteiger charge is -2.11. The lowest BCUT2D eigenvalue weighted by atomic mass is 10.1. The zero-order chi connectivity index (χ0) is 20.3. The molecule has 0 aliphatic heterocycles. The summed E-state index contributed by atoms with van der Waals surface area (Å²) in [4.78, 5) is 27.4. The van der Waals surface area contributed by atoms with Gasteiger partial charge in [0.2, 0.25) is 0 Å². The number of fused-ring (bicyclic) bond motifs is 1. The highest BCUT2D eigenvalue weighted by Crippen LogP contribution is 2.37. The van der Waals surface area contributed by atoms with Crippen molar-refractivity contribution in [3.63, 3.8) is 0 Å². The van der Waals surface area contributed by atoms with E-state index in [1.54, 1.807) is 31.2 Å². The Bertz CT molecular complexity index is 1080. The number of benzene rings is 2. The van der Waals surface area contributed by atoms with Crippen molar-refractivity contribution in [2.45, 2.75) is 23.9 Å². The number of thioether (sulfide) groups is 1. The van der Waals surface area contributed by atoms with Crippen LogP contribution in [0, 0.1) is 6.92 Å². The first-order chi connectivity index (χ1) is 13.2. The molecule has 146 valence electrons. The lowest BCUT2D eigenvalue weighted by molar-refractivity contribution is -0.0328. The molecule has 0 spiro atoms. The average molecular weight is 408 g/mol. The number of alkyl halides is 3. The number of nitrogens with one attached hydrogen (secondary N) is 2. The molecule has 0 aliphatic carbocycles. The third-order valence-corrected chi connectivity index (χ3v) is 4.63. The molecule has 2 aromatic carbocycles. The number of aromatic nitrogens is 1. The Balaban J connectivity index is 1.68. The second kappa shape index (κ2) is 7.97. The van der Waals surface area contributed by atoms with Crippen molar-refractivity contribution in [2.75, 3.05) is 5.32 Å². The number of hydrogen-bond donors (Lipinski definition) is 2. The van der Waals surface area contributed by atoms with Gasteiger partial charge in [0.15, 0.2) is 5.43 Å². The SMILES string of the molecule is Cc1c(COC(=O)Nc2cccc(SC(F)(F)F)c2)[nH]c2ccccc2c1=O. The van der Waals surface area contributed by atoms with Crippen LogP contribution in [0.15, 0.2) is 58.2 Å². The van der Waals surface area contributed by atoms with Crippen molar-refractivity contribution in [2.24, 2.45) is 0 Å². The highest BCUT2D eigenvalue weighted by Gasteiger charge is 2.29. The maximum Gasteiger partial charge on any atom is 0.446 e. The molecule has 3 aromatic rings. The first kappa shape index (κ1) is 19.8. The van der Waals surface area contributed by atoms with Crippen LogP contribution < -0.4 is 10.7 Å². The van der Waals surface area contributed by atoms with Gasteiger partial charge in [-0.05, 0) is 49.0 Å². The van der Waals surface area contributed by atoms with Crippen LogP contribution >= 0.6 is 11.8 Å². The number of carbonyl (C=O) groups is 1. The highest BCUT2D eigenvalue weighted by atomic mass is 32.2. The van der Waals surface area contributed by atoms with E-state index in [4.69, 9.17) is 4.74 Å². The molecule has 0 saturated heterocycles.